The molecule has 0 spiro atoms. The number of benzene rings is 2. The van der Waals surface area contributed by atoms with Crippen molar-refractivity contribution in [3.8, 4) is 11.5 Å². The molecule has 0 aliphatic carbocycles. The van der Waals surface area contributed by atoms with Gasteiger partial charge in [0.2, 0.25) is 0 Å². The second-order valence-corrected chi connectivity index (χ2v) is 6.87. The number of aryl methyl sites for hydroxylation is 1. The van der Waals surface area contributed by atoms with E-state index < -0.39 is 0 Å². The van der Waals surface area contributed by atoms with Crippen LogP contribution in [0.15, 0.2) is 36.4 Å². The number of hydrogen-bond donors (Lipinski definition) is 3. The first kappa shape index (κ1) is 22.0. The van der Waals surface area contributed by atoms with Crippen molar-refractivity contribution >= 4 is 23.2 Å². The first-order chi connectivity index (χ1) is 13.5. The largest absolute Gasteiger partial charge is 0.493 e. The van der Waals surface area contributed by atoms with Gasteiger partial charge in [-0.15, -0.1) is 0 Å². The van der Waals surface area contributed by atoms with Gasteiger partial charge in [0, 0.05) is 29.4 Å². The van der Waals surface area contributed by atoms with E-state index in [0.717, 1.165) is 17.5 Å². The Morgan fingerprint density at radius 3 is 2.54 bits per heavy atom. The normalized spacial score (nSPS) is 11.8. The van der Waals surface area contributed by atoms with E-state index in [9.17, 15) is 9.90 Å². The summed E-state index contributed by atoms with van der Waals surface area (Å²) in [6, 6.07) is 10.9. The third-order valence-corrected chi connectivity index (χ3v) is 4.67. The molecule has 6 nitrogen and oxygen atoms in total. The van der Waals surface area contributed by atoms with Crippen LogP contribution in [-0.2, 0) is 11.3 Å². The van der Waals surface area contributed by atoms with E-state index in [1.165, 1.54) is 7.11 Å². The maximum atomic E-state index is 12.1. The van der Waals surface area contributed by atoms with Crippen molar-refractivity contribution in [1.82, 2.24) is 5.32 Å². The molecule has 0 saturated heterocycles. The molecule has 0 saturated carbocycles. The summed E-state index contributed by atoms with van der Waals surface area (Å²) in [6.45, 7) is 4.36. The highest BCUT2D eigenvalue weighted by Gasteiger charge is 2.13. The molecule has 0 heterocycles. The average molecular weight is 407 g/mol. The van der Waals surface area contributed by atoms with Crippen LogP contribution in [0.2, 0.25) is 5.02 Å². The number of hydrogen-bond acceptors (Lipinski definition) is 5. The van der Waals surface area contributed by atoms with Gasteiger partial charge < -0.3 is 25.2 Å². The fourth-order valence-corrected chi connectivity index (χ4v) is 2.78. The second-order valence-electron chi connectivity index (χ2n) is 6.47. The van der Waals surface area contributed by atoms with Crippen LogP contribution < -0.4 is 20.1 Å². The monoisotopic (exact) mass is 406 g/mol. The molecule has 2 rings (SSSR count). The smallest absolute Gasteiger partial charge is 0.262 e. The van der Waals surface area contributed by atoms with Gasteiger partial charge in [-0.2, -0.15) is 0 Å². The van der Waals surface area contributed by atoms with Gasteiger partial charge >= 0.3 is 0 Å². The highest BCUT2D eigenvalue weighted by atomic mass is 35.5. The maximum Gasteiger partial charge on any atom is 0.262 e. The summed E-state index contributed by atoms with van der Waals surface area (Å²) in [4.78, 5) is 12.1. The van der Waals surface area contributed by atoms with E-state index in [2.05, 4.69) is 10.6 Å². The number of nitrogens with one attached hydrogen (secondary N) is 2. The van der Waals surface area contributed by atoms with Crippen LogP contribution in [-0.4, -0.2) is 37.4 Å². The number of anilines is 1. The van der Waals surface area contributed by atoms with Gasteiger partial charge in [-0.1, -0.05) is 36.2 Å². The summed E-state index contributed by atoms with van der Waals surface area (Å²) < 4.78 is 11.0. The Morgan fingerprint density at radius 2 is 1.93 bits per heavy atom. The third-order valence-electron chi connectivity index (χ3n) is 4.32. The zero-order valence-electron chi connectivity index (χ0n) is 16.4. The average Bonchev–Trinajstić information content (AvgIpc) is 2.70. The molecule has 2 aromatic carbocycles. The van der Waals surface area contributed by atoms with Crippen LogP contribution >= 0.6 is 11.6 Å². The topological polar surface area (TPSA) is 79.8 Å². The molecule has 1 atom stereocenters. The number of halogens is 1. The minimum Gasteiger partial charge on any atom is -0.493 e. The number of aliphatic hydroxyl groups excluding tert-OH is 1. The van der Waals surface area contributed by atoms with Gasteiger partial charge in [0.1, 0.15) is 0 Å². The van der Waals surface area contributed by atoms with Crippen molar-refractivity contribution in [2.45, 2.75) is 32.9 Å². The summed E-state index contributed by atoms with van der Waals surface area (Å²) in [7, 11) is 1.53. The molecule has 28 heavy (non-hydrogen) atoms. The van der Waals surface area contributed by atoms with Crippen LogP contribution in [0.5, 0.6) is 11.5 Å². The Balaban J connectivity index is 1.99. The van der Waals surface area contributed by atoms with Gasteiger partial charge in [-0.3, -0.25) is 4.79 Å². The SMILES string of the molecule is CCC(CO)NCc1cc(OC)c(OCC(=O)Nc2ccc(C)cc2)cc1Cl. The summed E-state index contributed by atoms with van der Waals surface area (Å²) in [5.74, 6) is 0.604. The minimum absolute atomic E-state index is 0.00320. The van der Waals surface area contributed by atoms with Crippen LogP contribution in [0, 0.1) is 6.92 Å². The van der Waals surface area contributed by atoms with Crippen molar-refractivity contribution in [3.05, 3.63) is 52.5 Å². The minimum atomic E-state index is -0.276. The number of aliphatic hydroxyl groups is 1. The summed E-state index contributed by atoms with van der Waals surface area (Å²) in [5, 5.41) is 15.8. The van der Waals surface area contributed by atoms with E-state index in [4.69, 9.17) is 21.1 Å². The van der Waals surface area contributed by atoms with Crippen molar-refractivity contribution < 1.29 is 19.4 Å². The highest BCUT2D eigenvalue weighted by Crippen LogP contribution is 2.33. The number of methoxy groups -OCH3 is 1. The highest BCUT2D eigenvalue weighted by molar-refractivity contribution is 6.31. The van der Waals surface area contributed by atoms with Gasteiger partial charge in [0.05, 0.1) is 13.7 Å². The predicted molar refractivity (Wildman–Crippen MR) is 111 cm³/mol. The van der Waals surface area contributed by atoms with Crippen LogP contribution in [0.4, 0.5) is 5.69 Å². The summed E-state index contributed by atoms with van der Waals surface area (Å²) in [5.41, 5.74) is 2.65. The zero-order valence-corrected chi connectivity index (χ0v) is 17.2. The fraction of sp³-hybridized carbons (Fsp3) is 0.381. The number of ether oxygens (including phenoxy) is 2. The summed E-state index contributed by atoms with van der Waals surface area (Å²) in [6.07, 6.45) is 0.808. The van der Waals surface area contributed by atoms with Gasteiger partial charge in [-0.25, -0.2) is 0 Å². The standard InChI is InChI=1S/C21H27ClN2O4/c1-4-16(12-25)23-11-15-9-19(27-3)20(10-18(15)22)28-13-21(26)24-17-7-5-14(2)6-8-17/h5-10,16,23,25H,4,11-13H2,1-3H3,(H,24,26). The van der Waals surface area contributed by atoms with Crippen LogP contribution in [0.1, 0.15) is 24.5 Å². The lowest BCUT2D eigenvalue weighted by molar-refractivity contribution is -0.118. The second kappa shape index (κ2) is 10.9. The van der Waals surface area contributed by atoms with Crippen molar-refractivity contribution in [2.24, 2.45) is 0 Å². The molecule has 0 aliphatic rings. The molecular formula is C21H27ClN2O4. The number of carbonyl (C=O) groups excluding carboxylic acids is 1. The molecule has 3 N–H and O–H groups in total. The van der Waals surface area contributed by atoms with E-state index in [-0.39, 0.29) is 25.2 Å². The molecule has 2 aromatic rings. The molecule has 1 amide bonds. The number of rotatable bonds is 10. The first-order valence-electron chi connectivity index (χ1n) is 9.16. The molecule has 0 aliphatic heterocycles. The molecule has 0 aromatic heterocycles. The Bertz CT molecular complexity index is 777. The Hall–Kier alpha value is -2.28. The lowest BCUT2D eigenvalue weighted by atomic mass is 10.1. The first-order valence-corrected chi connectivity index (χ1v) is 9.54. The van der Waals surface area contributed by atoms with Crippen LogP contribution in [0.25, 0.3) is 0 Å². The molecule has 7 heteroatoms. The zero-order chi connectivity index (χ0) is 20.5. The quantitative estimate of drug-likeness (QED) is 0.562. The fourth-order valence-electron chi connectivity index (χ4n) is 2.55. The Labute approximate surface area is 170 Å². The number of amides is 1. The van der Waals surface area contributed by atoms with Gasteiger partial charge in [-0.05, 0) is 37.1 Å². The van der Waals surface area contributed by atoms with Gasteiger partial charge in [0.15, 0.2) is 18.1 Å². The lowest BCUT2D eigenvalue weighted by Gasteiger charge is -2.17. The predicted octanol–water partition coefficient (Wildman–Crippen LogP) is 3.54. The Morgan fingerprint density at radius 1 is 1.21 bits per heavy atom. The Kier molecular flexibility index (Phi) is 8.57. The van der Waals surface area contributed by atoms with Crippen LogP contribution in [0.3, 0.4) is 0 Å². The van der Waals surface area contributed by atoms with E-state index in [0.29, 0.717) is 28.8 Å². The molecule has 152 valence electrons. The van der Waals surface area contributed by atoms with E-state index >= 15 is 0 Å². The summed E-state index contributed by atoms with van der Waals surface area (Å²) >= 11 is 6.35. The number of carbonyl (C=O) groups is 1. The molecule has 0 bridgehead atoms. The molecule has 0 radical (unpaired) electrons. The third kappa shape index (κ3) is 6.41. The van der Waals surface area contributed by atoms with E-state index in [1.54, 1.807) is 12.1 Å². The molecule has 1 unspecified atom stereocenters. The molecule has 0 fully saturated rings. The van der Waals surface area contributed by atoms with Crippen molar-refractivity contribution in [1.29, 1.82) is 0 Å². The maximum absolute atomic E-state index is 12.1. The van der Waals surface area contributed by atoms with Gasteiger partial charge in [0.25, 0.3) is 5.91 Å². The molecular weight excluding hydrogens is 380 g/mol. The van der Waals surface area contributed by atoms with E-state index in [1.807, 2.05) is 38.1 Å². The van der Waals surface area contributed by atoms with Crippen molar-refractivity contribution in [3.63, 3.8) is 0 Å². The van der Waals surface area contributed by atoms with Crippen molar-refractivity contribution in [2.75, 3.05) is 25.6 Å². The lowest BCUT2D eigenvalue weighted by Crippen LogP contribution is -2.31.